The third kappa shape index (κ3) is 5.74. The fourth-order valence-electron chi connectivity index (χ4n) is 4.23. The largest absolute Gasteiger partial charge is 0.478 e. The number of hydrogen-bond acceptors (Lipinski definition) is 6. The molecule has 7 nitrogen and oxygen atoms in total. The molecule has 0 saturated carbocycles. The Morgan fingerprint density at radius 1 is 0.917 bits per heavy atom. The lowest BCUT2D eigenvalue weighted by molar-refractivity contribution is -0.150. The highest BCUT2D eigenvalue weighted by Crippen LogP contribution is 2.41. The minimum Gasteiger partial charge on any atom is -0.478 e. The first-order chi connectivity index (χ1) is 17.5. The van der Waals surface area contributed by atoms with E-state index in [1.807, 2.05) is 0 Å². The third-order valence-corrected chi connectivity index (χ3v) is 6.02. The highest BCUT2D eigenvalue weighted by Gasteiger charge is 2.21. The maximum Gasteiger partial charge on any atom is 0.336 e. The zero-order valence-corrected chi connectivity index (χ0v) is 20.1. The Bertz CT molecular complexity index is 1400. The summed E-state index contributed by atoms with van der Waals surface area (Å²) in [5.74, 6) is -0.618. The minimum atomic E-state index is -1.06. The second kappa shape index (κ2) is 11.5. The Morgan fingerprint density at radius 2 is 1.72 bits per heavy atom. The van der Waals surface area contributed by atoms with Crippen molar-refractivity contribution in [1.82, 2.24) is 0 Å². The molecule has 0 radical (unpaired) electrons. The van der Waals surface area contributed by atoms with Crippen LogP contribution in [-0.2, 0) is 9.53 Å². The molecular weight excluding hydrogens is 460 g/mol. The number of unbranched alkanes of at least 4 members (excludes halogenated alkanes) is 4. The Kier molecular flexibility index (Phi) is 8.00. The summed E-state index contributed by atoms with van der Waals surface area (Å²) < 4.78 is 16.8. The Labute approximate surface area is 208 Å². The van der Waals surface area contributed by atoms with Gasteiger partial charge >= 0.3 is 11.9 Å². The summed E-state index contributed by atoms with van der Waals surface area (Å²) in [5, 5.41) is 10.4. The van der Waals surface area contributed by atoms with Gasteiger partial charge in [0.1, 0.15) is 17.1 Å². The van der Waals surface area contributed by atoms with E-state index in [9.17, 15) is 19.5 Å². The number of fused-ring (bicyclic) bond motifs is 2. The molecule has 0 fully saturated rings. The van der Waals surface area contributed by atoms with Gasteiger partial charge in [0, 0.05) is 35.1 Å². The highest BCUT2D eigenvalue weighted by atomic mass is 16.7. The van der Waals surface area contributed by atoms with Crippen LogP contribution < -0.4 is 10.2 Å². The van der Waals surface area contributed by atoms with Gasteiger partial charge in [-0.1, -0.05) is 50.8 Å². The number of carboxylic acid groups (broad SMARTS) is 1. The van der Waals surface area contributed by atoms with Gasteiger partial charge in [0.15, 0.2) is 5.43 Å². The van der Waals surface area contributed by atoms with E-state index in [-0.39, 0.29) is 23.8 Å². The first kappa shape index (κ1) is 25.0. The van der Waals surface area contributed by atoms with Crippen molar-refractivity contribution in [1.29, 1.82) is 0 Å². The first-order valence-electron chi connectivity index (χ1n) is 12.1. The zero-order valence-electron chi connectivity index (χ0n) is 20.1. The van der Waals surface area contributed by atoms with Crippen molar-refractivity contribution in [2.24, 2.45) is 0 Å². The third-order valence-electron chi connectivity index (χ3n) is 6.02. The standard InChI is InChI=1S/C29H28O7/c1-2-3-4-5-6-11-27(31)35-18-34-20-13-15-24-26(17-20)36-25-16-19(30)12-14-23(25)28(24)21-9-7-8-10-22(21)29(32)33/h7-10,12-17H,2-6,11,18H2,1H3,(H,32,33). The number of rotatable bonds is 11. The molecule has 0 atom stereocenters. The van der Waals surface area contributed by atoms with Crippen LogP contribution >= 0.6 is 0 Å². The van der Waals surface area contributed by atoms with E-state index in [4.69, 9.17) is 13.9 Å². The van der Waals surface area contributed by atoms with Crippen LogP contribution in [0, 0.1) is 0 Å². The van der Waals surface area contributed by atoms with Crippen LogP contribution in [0.1, 0.15) is 55.8 Å². The molecule has 0 amide bonds. The molecule has 1 heterocycles. The van der Waals surface area contributed by atoms with Crippen molar-refractivity contribution in [2.45, 2.75) is 45.4 Å². The number of carbonyl (C=O) groups is 2. The predicted octanol–water partition coefficient (Wildman–Crippen LogP) is 6.50. The lowest BCUT2D eigenvalue weighted by Crippen LogP contribution is -2.10. The maximum atomic E-state index is 12.0. The second-order valence-electron chi connectivity index (χ2n) is 8.59. The van der Waals surface area contributed by atoms with Gasteiger partial charge in [-0.3, -0.25) is 9.59 Å². The SMILES string of the molecule is CCCCCCCC(=O)OCOc1ccc2c(-c3ccccc3C(=O)O)c3ccc(=O)cc-3oc2c1. The van der Waals surface area contributed by atoms with E-state index in [0.29, 0.717) is 45.6 Å². The maximum absolute atomic E-state index is 12.0. The Hall–Kier alpha value is -4.13. The summed E-state index contributed by atoms with van der Waals surface area (Å²) >= 11 is 0. The molecule has 2 aromatic rings. The van der Waals surface area contributed by atoms with Crippen LogP contribution in [0.4, 0.5) is 0 Å². The number of benzene rings is 3. The van der Waals surface area contributed by atoms with Gasteiger partial charge in [-0.15, -0.1) is 0 Å². The Balaban J connectivity index is 1.60. The lowest BCUT2D eigenvalue weighted by Gasteiger charge is -2.17. The number of carbonyl (C=O) groups excluding carboxylic acids is 1. The molecule has 2 aliphatic rings. The van der Waals surface area contributed by atoms with E-state index in [2.05, 4.69) is 6.92 Å². The van der Waals surface area contributed by atoms with Crippen molar-refractivity contribution in [3.05, 3.63) is 76.5 Å². The Morgan fingerprint density at radius 3 is 2.53 bits per heavy atom. The van der Waals surface area contributed by atoms with E-state index in [1.165, 1.54) is 24.6 Å². The van der Waals surface area contributed by atoms with E-state index in [0.717, 1.165) is 25.7 Å². The van der Waals surface area contributed by atoms with Crippen molar-refractivity contribution in [3.8, 4) is 28.2 Å². The van der Waals surface area contributed by atoms with Crippen molar-refractivity contribution in [3.63, 3.8) is 0 Å². The lowest BCUT2D eigenvalue weighted by atomic mass is 9.91. The van der Waals surface area contributed by atoms with Crippen LogP contribution in [0.25, 0.3) is 33.4 Å². The average Bonchev–Trinajstić information content (AvgIpc) is 2.87. The molecule has 0 saturated heterocycles. The van der Waals surface area contributed by atoms with Crippen molar-refractivity contribution in [2.75, 3.05) is 6.79 Å². The summed E-state index contributed by atoms with van der Waals surface area (Å²) in [4.78, 5) is 35.9. The molecule has 0 aromatic heterocycles. The van der Waals surface area contributed by atoms with Gasteiger partial charge in [-0.05, 0) is 42.3 Å². The number of aromatic carboxylic acids is 1. The second-order valence-corrected chi connectivity index (χ2v) is 8.59. The molecule has 186 valence electrons. The van der Waals surface area contributed by atoms with Crippen LogP contribution in [0.3, 0.4) is 0 Å². The topological polar surface area (TPSA) is 103 Å². The molecule has 1 N–H and O–H groups in total. The van der Waals surface area contributed by atoms with Gasteiger partial charge in [-0.2, -0.15) is 0 Å². The average molecular weight is 489 g/mol. The molecule has 36 heavy (non-hydrogen) atoms. The first-order valence-corrected chi connectivity index (χ1v) is 12.1. The van der Waals surface area contributed by atoms with Crippen LogP contribution in [0.2, 0.25) is 0 Å². The summed E-state index contributed by atoms with van der Waals surface area (Å²) in [7, 11) is 0. The smallest absolute Gasteiger partial charge is 0.336 e. The molecule has 1 aliphatic carbocycles. The summed E-state index contributed by atoms with van der Waals surface area (Å²) in [6.07, 6.45) is 5.58. The molecule has 0 spiro atoms. The van der Waals surface area contributed by atoms with Crippen LogP contribution in [0.15, 0.2) is 69.9 Å². The van der Waals surface area contributed by atoms with E-state index < -0.39 is 5.97 Å². The van der Waals surface area contributed by atoms with Gasteiger partial charge in [0.05, 0.1) is 5.56 Å². The minimum absolute atomic E-state index is 0.138. The number of esters is 1. The molecule has 2 aromatic carbocycles. The molecular formula is C29H28O7. The molecule has 4 rings (SSSR count). The quantitative estimate of drug-likeness (QED) is 0.111. The molecule has 0 unspecified atom stereocenters. The van der Waals surface area contributed by atoms with Gasteiger partial charge < -0.3 is 19.0 Å². The number of carboxylic acids is 1. The normalized spacial score (nSPS) is 11.0. The number of hydrogen-bond donors (Lipinski definition) is 1. The van der Waals surface area contributed by atoms with E-state index in [1.54, 1.807) is 42.5 Å². The van der Waals surface area contributed by atoms with E-state index >= 15 is 0 Å². The van der Waals surface area contributed by atoms with Gasteiger partial charge in [0.25, 0.3) is 0 Å². The summed E-state index contributed by atoms with van der Waals surface area (Å²) in [6.45, 7) is 1.91. The fourth-order valence-corrected chi connectivity index (χ4v) is 4.23. The summed E-state index contributed by atoms with van der Waals surface area (Å²) in [5.41, 5.74) is 2.10. The predicted molar refractivity (Wildman–Crippen MR) is 136 cm³/mol. The van der Waals surface area contributed by atoms with Gasteiger partial charge in [-0.25, -0.2) is 4.79 Å². The van der Waals surface area contributed by atoms with Crippen molar-refractivity contribution < 1.29 is 28.6 Å². The molecule has 7 heteroatoms. The molecule has 0 bridgehead atoms. The number of ether oxygens (including phenoxy) is 2. The fraction of sp³-hybridized carbons (Fsp3) is 0.276. The van der Waals surface area contributed by atoms with Crippen LogP contribution in [0.5, 0.6) is 5.75 Å². The molecule has 1 aliphatic heterocycles. The zero-order chi connectivity index (χ0) is 25.5. The summed E-state index contributed by atoms with van der Waals surface area (Å²) in [6, 6.07) is 16.2. The monoisotopic (exact) mass is 488 g/mol. The van der Waals surface area contributed by atoms with Crippen LogP contribution in [-0.4, -0.2) is 23.8 Å². The highest BCUT2D eigenvalue weighted by molar-refractivity contribution is 6.07. The van der Waals surface area contributed by atoms with Crippen molar-refractivity contribution >= 4 is 22.9 Å². The van der Waals surface area contributed by atoms with Gasteiger partial charge in [0.2, 0.25) is 6.79 Å².